The van der Waals surface area contributed by atoms with Crippen molar-refractivity contribution in [1.29, 1.82) is 0 Å². The van der Waals surface area contributed by atoms with Gasteiger partial charge < -0.3 is 9.66 Å². The Kier molecular flexibility index (Phi) is 5.47. The van der Waals surface area contributed by atoms with Crippen molar-refractivity contribution in [2.45, 2.75) is 9.79 Å². The first kappa shape index (κ1) is 12.5. The fourth-order valence-electron chi connectivity index (χ4n) is 0.612. The molecule has 0 fully saturated rings. The van der Waals surface area contributed by atoms with E-state index in [1.807, 2.05) is 0 Å². The van der Waals surface area contributed by atoms with Crippen molar-refractivity contribution in [2.75, 3.05) is 0 Å². The first-order chi connectivity index (χ1) is 5.11. The summed E-state index contributed by atoms with van der Waals surface area (Å²) < 4.78 is 19.0. The van der Waals surface area contributed by atoms with Crippen molar-refractivity contribution >= 4 is 53.3 Å². The van der Waals surface area contributed by atoms with Gasteiger partial charge in [-0.2, -0.15) is 0 Å². The molecule has 0 radical (unpaired) electrons. The van der Waals surface area contributed by atoms with Crippen molar-refractivity contribution in [3.05, 3.63) is 18.2 Å². The average Bonchev–Trinajstić information content (AvgIpc) is 1.94. The Hall–Kier alpha value is 0.480. The Labute approximate surface area is 100 Å². The second-order valence-electron chi connectivity index (χ2n) is 1.90. The zero-order valence-corrected chi connectivity index (χ0v) is 7.10. The maximum atomic E-state index is 10.4. The van der Waals surface area contributed by atoms with Crippen LogP contribution >= 0.6 is 12.6 Å². The van der Waals surface area contributed by atoms with Crippen LogP contribution in [0.4, 0.5) is 0 Å². The third-order valence-electron chi connectivity index (χ3n) is 1.15. The van der Waals surface area contributed by atoms with Gasteiger partial charge in [-0.3, -0.25) is 0 Å². The zero-order valence-electron chi connectivity index (χ0n) is 5.39. The third-order valence-corrected chi connectivity index (χ3v) is 2.18. The molecule has 0 saturated carbocycles. The summed E-state index contributed by atoms with van der Waals surface area (Å²) in [5.74, 6) is -0.0896. The molecule has 1 atom stereocenters. The van der Waals surface area contributed by atoms with Crippen LogP contribution in [0.2, 0.25) is 0 Å². The molecule has 1 rings (SSSR count). The topological polar surface area (TPSA) is 57.5 Å². The molecule has 0 bridgehead atoms. The Bertz CT molecular complexity index is 303. The Morgan fingerprint density at radius 3 is 2.42 bits per heavy atom. The summed E-state index contributed by atoms with van der Waals surface area (Å²) in [6.45, 7) is 0. The number of thiol groups is 1. The number of rotatable bonds is 1. The average molecular weight is 214 g/mol. The van der Waals surface area contributed by atoms with Crippen molar-refractivity contribution in [3.63, 3.8) is 0 Å². The van der Waals surface area contributed by atoms with Crippen molar-refractivity contribution < 1.29 is 13.9 Å². The van der Waals surface area contributed by atoms with Crippen LogP contribution in [0, 0.1) is 0 Å². The number of hydrogen-bond donors (Lipinski definition) is 3. The summed E-state index contributed by atoms with van der Waals surface area (Å²) in [6, 6.07) is 4.10. The molecule has 0 amide bonds. The van der Waals surface area contributed by atoms with Gasteiger partial charge in [0.15, 0.2) is 11.1 Å². The standard InChI is InChI=1S/C6H6O3S2.Na.H/c7-5-3-4(11(8)9)1-2-6(5)10;;/h1-3,7,10H,(H,8,9);;. The van der Waals surface area contributed by atoms with E-state index in [4.69, 9.17) is 9.66 Å². The van der Waals surface area contributed by atoms with Gasteiger partial charge in [0, 0.05) is 4.90 Å². The van der Waals surface area contributed by atoms with Gasteiger partial charge in [-0.15, -0.1) is 12.6 Å². The molecule has 12 heavy (non-hydrogen) atoms. The molecule has 1 aromatic carbocycles. The Morgan fingerprint density at radius 2 is 2.00 bits per heavy atom. The number of phenolic OH excluding ortho intramolecular Hbond substituents is 1. The maximum absolute atomic E-state index is 10.4. The van der Waals surface area contributed by atoms with E-state index in [2.05, 4.69) is 12.6 Å². The molecule has 0 spiro atoms. The van der Waals surface area contributed by atoms with Crippen molar-refractivity contribution in [3.8, 4) is 5.75 Å². The molecule has 6 heteroatoms. The molecule has 0 aliphatic carbocycles. The minimum atomic E-state index is -2.04. The number of benzene rings is 1. The number of phenols is 1. The third kappa shape index (κ3) is 3.08. The normalized spacial score (nSPS) is 11.8. The van der Waals surface area contributed by atoms with Crippen molar-refractivity contribution in [2.24, 2.45) is 0 Å². The van der Waals surface area contributed by atoms with Crippen LogP contribution < -0.4 is 0 Å². The summed E-state index contributed by atoms with van der Waals surface area (Å²) in [5, 5.41) is 9.03. The second kappa shape index (κ2) is 5.26. The first-order valence-electron chi connectivity index (χ1n) is 2.74. The predicted octanol–water partition coefficient (Wildman–Crippen LogP) is 0.613. The molecule has 1 aromatic rings. The van der Waals surface area contributed by atoms with E-state index in [-0.39, 0.29) is 40.2 Å². The van der Waals surface area contributed by atoms with Gasteiger partial charge in [-0.1, -0.05) is 0 Å². The van der Waals surface area contributed by atoms with E-state index in [1.54, 1.807) is 0 Å². The summed E-state index contributed by atoms with van der Waals surface area (Å²) in [7, 11) is 0. The molecular formula is C6H7NaO3S2. The summed E-state index contributed by atoms with van der Waals surface area (Å²) >= 11 is 1.84. The second-order valence-corrected chi connectivity index (χ2v) is 3.35. The quantitative estimate of drug-likeness (QED) is 0.365. The summed E-state index contributed by atoms with van der Waals surface area (Å²) in [4.78, 5) is 0.555. The van der Waals surface area contributed by atoms with Crippen LogP contribution in [0.3, 0.4) is 0 Å². The van der Waals surface area contributed by atoms with E-state index >= 15 is 0 Å². The van der Waals surface area contributed by atoms with Gasteiger partial charge in [0.2, 0.25) is 0 Å². The monoisotopic (exact) mass is 214 g/mol. The van der Waals surface area contributed by atoms with Crippen LogP contribution in [0.1, 0.15) is 0 Å². The van der Waals surface area contributed by atoms with Crippen LogP contribution in [0.15, 0.2) is 28.0 Å². The molecule has 0 heterocycles. The van der Waals surface area contributed by atoms with Gasteiger partial charge in [0.1, 0.15) is 5.75 Å². The number of hydrogen-bond acceptors (Lipinski definition) is 3. The van der Waals surface area contributed by atoms with Crippen LogP contribution in [-0.4, -0.2) is 43.4 Å². The predicted molar refractivity (Wildman–Crippen MR) is 51.5 cm³/mol. The van der Waals surface area contributed by atoms with E-state index in [0.29, 0.717) is 4.90 Å². The molecule has 2 N–H and O–H groups in total. The van der Waals surface area contributed by atoms with Crippen LogP contribution in [-0.2, 0) is 11.1 Å². The Balaban J connectivity index is 0.00000121. The van der Waals surface area contributed by atoms with Gasteiger partial charge in [-0.25, -0.2) is 4.21 Å². The van der Waals surface area contributed by atoms with Crippen molar-refractivity contribution in [1.82, 2.24) is 0 Å². The molecule has 1 unspecified atom stereocenters. The van der Waals surface area contributed by atoms with Gasteiger partial charge in [0.25, 0.3) is 0 Å². The van der Waals surface area contributed by atoms with E-state index in [9.17, 15) is 4.21 Å². The molecule has 0 aliphatic rings. The van der Waals surface area contributed by atoms with Crippen LogP contribution in [0.25, 0.3) is 0 Å². The molecule has 0 aromatic heterocycles. The fourth-order valence-corrected chi connectivity index (χ4v) is 1.15. The molecule has 3 nitrogen and oxygen atoms in total. The summed E-state index contributed by atoms with van der Waals surface area (Å²) in [6.07, 6.45) is 0. The van der Waals surface area contributed by atoms with E-state index in [1.165, 1.54) is 18.2 Å². The van der Waals surface area contributed by atoms with E-state index < -0.39 is 11.1 Å². The molecule has 0 aliphatic heterocycles. The molecular weight excluding hydrogens is 207 g/mol. The SMILES string of the molecule is O=S(O)c1ccc(S)c(O)c1.[NaH]. The van der Waals surface area contributed by atoms with E-state index in [0.717, 1.165) is 0 Å². The Morgan fingerprint density at radius 1 is 1.42 bits per heavy atom. The fraction of sp³-hybridized carbons (Fsp3) is 0. The van der Waals surface area contributed by atoms with Gasteiger partial charge >= 0.3 is 29.6 Å². The number of aromatic hydroxyl groups is 1. The van der Waals surface area contributed by atoms with Gasteiger partial charge in [0.05, 0.1) is 4.90 Å². The summed E-state index contributed by atoms with van der Waals surface area (Å²) in [5.41, 5.74) is 0. The molecule has 62 valence electrons. The van der Waals surface area contributed by atoms with Crippen LogP contribution in [0.5, 0.6) is 5.75 Å². The molecule has 0 saturated heterocycles. The first-order valence-corrected chi connectivity index (χ1v) is 4.29. The van der Waals surface area contributed by atoms with Gasteiger partial charge in [-0.05, 0) is 18.2 Å². The zero-order chi connectivity index (χ0) is 8.43. The minimum absolute atomic E-state index is 0.